The predicted octanol–water partition coefficient (Wildman–Crippen LogP) is 1.85. The molecule has 23 heavy (non-hydrogen) atoms. The predicted molar refractivity (Wildman–Crippen MR) is 82.9 cm³/mol. The van der Waals surface area contributed by atoms with Crippen LogP contribution in [-0.2, 0) is 11.3 Å². The van der Waals surface area contributed by atoms with Gasteiger partial charge in [-0.2, -0.15) is 5.10 Å². The summed E-state index contributed by atoms with van der Waals surface area (Å²) in [5.41, 5.74) is 0. The molecule has 1 amide bonds. The fraction of sp³-hybridized carbons (Fsp3) is 0.333. The summed E-state index contributed by atoms with van der Waals surface area (Å²) < 4.78 is 17.8. The first-order valence-electron chi connectivity index (χ1n) is 7.14. The van der Waals surface area contributed by atoms with E-state index in [-0.39, 0.29) is 12.7 Å². The van der Waals surface area contributed by atoms with Crippen LogP contribution in [-0.4, -0.2) is 35.1 Å². The van der Waals surface area contributed by atoms with Crippen molar-refractivity contribution in [2.24, 2.45) is 0 Å². The molecule has 1 unspecified atom stereocenters. The molecular formula is C15H16ClN3O4. The van der Waals surface area contributed by atoms with E-state index in [1.165, 1.54) is 0 Å². The van der Waals surface area contributed by atoms with Crippen LogP contribution in [0.2, 0.25) is 5.02 Å². The molecule has 7 nitrogen and oxygen atoms in total. The van der Waals surface area contributed by atoms with Crippen LogP contribution in [0.1, 0.15) is 6.92 Å². The molecular weight excluding hydrogens is 322 g/mol. The highest BCUT2D eigenvalue weighted by Crippen LogP contribution is 2.35. The Labute approximate surface area is 138 Å². The summed E-state index contributed by atoms with van der Waals surface area (Å²) in [4.78, 5) is 12.0. The second kappa shape index (κ2) is 6.78. The Morgan fingerprint density at radius 1 is 1.48 bits per heavy atom. The summed E-state index contributed by atoms with van der Waals surface area (Å²) in [5, 5.41) is 7.39. The Balaban J connectivity index is 1.47. The fourth-order valence-corrected chi connectivity index (χ4v) is 2.26. The van der Waals surface area contributed by atoms with Crippen LogP contribution in [0.4, 0.5) is 0 Å². The van der Waals surface area contributed by atoms with Crippen molar-refractivity contribution in [3.63, 3.8) is 0 Å². The number of hydrogen-bond donors (Lipinski definition) is 1. The van der Waals surface area contributed by atoms with Crippen molar-refractivity contribution in [1.82, 2.24) is 15.1 Å². The highest BCUT2D eigenvalue weighted by atomic mass is 35.5. The minimum atomic E-state index is -0.628. The molecule has 1 aromatic carbocycles. The van der Waals surface area contributed by atoms with Gasteiger partial charge in [-0.15, -0.1) is 0 Å². The van der Waals surface area contributed by atoms with Gasteiger partial charge in [0, 0.05) is 18.8 Å². The van der Waals surface area contributed by atoms with Gasteiger partial charge in [0.1, 0.15) is 5.75 Å². The Morgan fingerprint density at radius 3 is 3.09 bits per heavy atom. The minimum Gasteiger partial charge on any atom is -0.481 e. The second-order valence-corrected chi connectivity index (χ2v) is 5.42. The molecule has 0 spiro atoms. The summed E-state index contributed by atoms with van der Waals surface area (Å²) in [6, 6.07) is 5.20. The average Bonchev–Trinajstić information content (AvgIpc) is 3.15. The van der Waals surface area contributed by atoms with E-state index in [9.17, 15) is 4.79 Å². The molecule has 1 aliphatic heterocycles. The van der Waals surface area contributed by atoms with Crippen molar-refractivity contribution >= 4 is 17.5 Å². The van der Waals surface area contributed by atoms with E-state index in [2.05, 4.69) is 10.4 Å². The van der Waals surface area contributed by atoms with E-state index < -0.39 is 6.10 Å². The van der Waals surface area contributed by atoms with Gasteiger partial charge in [-0.05, 0) is 19.1 Å². The van der Waals surface area contributed by atoms with Crippen LogP contribution >= 0.6 is 11.6 Å². The lowest BCUT2D eigenvalue weighted by Crippen LogP contribution is -2.37. The first kappa shape index (κ1) is 15.5. The zero-order valence-corrected chi connectivity index (χ0v) is 13.2. The topological polar surface area (TPSA) is 74.6 Å². The molecule has 2 aromatic rings. The van der Waals surface area contributed by atoms with Crippen LogP contribution < -0.4 is 19.5 Å². The second-order valence-electron chi connectivity index (χ2n) is 4.99. The summed E-state index contributed by atoms with van der Waals surface area (Å²) >= 11 is 5.77. The summed E-state index contributed by atoms with van der Waals surface area (Å²) in [5.74, 6) is 1.63. The molecule has 8 heteroatoms. The molecule has 1 atom stereocenters. The van der Waals surface area contributed by atoms with Crippen molar-refractivity contribution in [3.05, 3.63) is 35.6 Å². The minimum absolute atomic E-state index is 0.201. The number of nitrogens with one attached hydrogen (secondary N) is 1. The van der Waals surface area contributed by atoms with E-state index in [0.29, 0.717) is 35.4 Å². The maximum atomic E-state index is 12.0. The third-order valence-electron chi connectivity index (χ3n) is 3.27. The number of carbonyl (C=O) groups is 1. The number of fused-ring (bicyclic) bond motifs is 1. The quantitative estimate of drug-likeness (QED) is 0.870. The van der Waals surface area contributed by atoms with Gasteiger partial charge in [-0.1, -0.05) is 11.6 Å². The van der Waals surface area contributed by atoms with Gasteiger partial charge < -0.3 is 19.5 Å². The molecule has 3 rings (SSSR count). The van der Waals surface area contributed by atoms with Gasteiger partial charge in [0.2, 0.25) is 6.79 Å². The van der Waals surface area contributed by atoms with Gasteiger partial charge in [0.05, 0.1) is 17.8 Å². The number of halogens is 1. The zero-order valence-electron chi connectivity index (χ0n) is 12.5. The van der Waals surface area contributed by atoms with Crippen LogP contribution in [0.25, 0.3) is 0 Å². The van der Waals surface area contributed by atoms with E-state index in [0.717, 1.165) is 0 Å². The first-order chi connectivity index (χ1) is 11.1. The molecule has 2 heterocycles. The van der Waals surface area contributed by atoms with Crippen LogP contribution in [0, 0.1) is 0 Å². The van der Waals surface area contributed by atoms with Crippen LogP contribution in [0.3, 0.4) is 0 Å². The summed E-state index contributed by atoms with van der Waals surface area (Å²) in [7, 11) is 0. The molecule has 0 bridgehead atoms. The number of hydrogen-bond acceptors (Lipinski definition) is 5. The highest BCUT2D eigenvalue weighted by molar-refractivity contribution is 6.30. The van der Waals surface area contributed by atoms with E-state index >= 15 is 0 Å². The molecule has 122 valence electrons. The van der Waals surface area contributed by atoms with Crippen molar-refractivity contribution in [2.45, 2.75) is 19.6 Å². The maximum Gasteiger partial charge on any atom is 0.260 e. The Bertz CT molecular complexity index is 704. The number of ether oxygens (including phenoxy) is 3. The lowest BCUT2D eigenvalue weighted by molar-refractivity contribution is -0.127. The summed E-state index contributed by atoms with van der Waals surface area (Å²) in [6.45, 7) is 2.86. The summed E-state index contributed by atoms with van der Waals surface area (Å²) in [6.07, 6.45) is 2.62. The number of aromatic nitrogens is 2. The molecule has 0 saturated heterocycles. The van der Waals surface area contributed by atoms with Gasteiger partial charge in [-0.3, -0.25) is 9.48 Å². The monoisotopic (exact) mass is 337 g/mol. The van der Waals surface area contributed by atoms with Gasteiger partial charge in [0.25, 0.3) is 5.91 Å². The zero-order chi connectivity index (χ0) is 16.2. The molecule has 0 fully saturated rings. The number of rotatable bonds is 6. The Kier molecular flexibility index (Phi) is 4.57. The van der Waals surface area contributed by atoms with Crippen LogP contribution in [0.15, 0.2) is 30.6 Å². The molecule has 0 aliphatic carbocycles. The molecule has 1 aromatic heterocycles. The third-order valence-corrected chi connectivity index (χ3v) is 3.46. The number of benzene rings is 1. The van der Waals surface area contributed by atoms with Crippen molar-refractivity contribution < 1.29 is 19.0 Å². The van der Waals surface area contributed by atoms with Crippen LogP contribution in [0.5, 0.6) is 17.2 Å². The first-order valence-corrected chi connectivity index (χ1v) is 7.51. The largest absolute Gasteiger partial charge is 0.481 e. The van der Waals surface area contributed by atoms with Crippen molar-refractivity contribution in [2.75, 3.05) is 13.3 Å². The van der Waals surface area contributed by atoms with Gasteiger partial charge in [0.15, 0.2) is 17.6 Å². The molecule has 0 radical (unpaired) electrons. The number of amides is 1. The smallest absolute Gasteiger partial charge is 0.260 e. The highest BCUT2D eigenvalue weighted by Gasteiger charge is 2.18. The van der Waals surface area contributed by atoms with Gasteiger partial charge in [-0.25, -0.2) is 0 Å². The normalized spacial score (nSPS) is 13.7. The maximum absolute atomic E-state index is 12.0. The Hall–Kier alpha value is -2.41. The lowest BCUT2D eigenvalue weighted by atomic mass is 10.3. The average molecular weight is 338 g/mol. The molecule has 0 saturated carbocycles. The number of carbonyl (C=O) groups excluding carboxylic acids is 1. The Morgan fingerprint density at radius 2 is 2.30 bits per heavy atom. The van der Waals surface area contributed by atoms with E-state index in [4.69, 9.17) is 25.8 Å². The third kappa shape index (κ3) is 3.87. The lowest BCUT2D eigenvalue weighted by Gasteiger charge is -2.15. The van der Waals surface area contributed by atoms with E-state index in [1.54, 1.807) is 42.2 Å². The SMILES string of the molecule is CC(Oc1ccc2c(c1)OCO2)C(=O)NCCn1cc(Cl)cn1. The van der Waals surface area contributed by atoms with Crippen molar-refractivity contribution in [3.8, 4) is 17.2 Å². The fourth-order valence-electron chi connectivity index (χ4n) is 2.11. The van der Waals surface area contributed by atoms with Crippen molar-refractivity contribution in [1.29, 1.82) is 0 Å². The standard InChI is InChI=1S/C15H16ClN3O4/c1-10(15(20)17-4-5-19-8-11(16)7-18-19)23-12-2-3-13-14(6-12)22-9-21-13/h2-3,6-8,10H,4-5,9H2,1H3,(H,17,20). The van der Waals surface area contributed by atoms with E-state index in [1.807, 2.05) is 0 Å². The molecule has 1 N–H and O–H groups in total. The molecule has 1 aliphatic rings. The number of nitrogens with zero attached hydrogens (tertiary/aromatic N) is 2. The van der Waals surface area contributed by atoms with Gasteiger partial charge >= 0.3 is 0 Å².